The smallest absolute Gasteiger partial charge is 0.341 e. The minimum atomic E-state index is -3.85. The predicted molar refractivity (Wildman–Crippen MR) is 103 cm³/mol. The number of sulfonamides is 1. The molecule has 0 heterocycles. The van der Waals surface area contributed by atoms with E-state index in [1.165, 1.54) is 30.3 Å². The molecule has 0 saturated carbocycles. The van der Waals surface area contributed by atoms with Gasteiger partial charge in [-0.1, -0.05) is 35.3 Å². The number of Topliss-reactive ketones (excluding diaryl/α,β-unsaturated/α-hetero) is 1. The molecule has 2 aromatic carbocycles. The summed E-state index contributed by atoms with van der Waals surface area (Å²) in [6.07, 6.45) is 0.260. The number of benzene rings is 2. The van der Waals surface area contributed by atoms with Crippen molar-refractivity contribution in [3.63, 3.8) is 0 Å². The third kappa shape index (κ3) is 3.48. The van der Waals surface area contributed by atoms with E-state index in [9.17, 15) is 18.0 Å². The normalized spacial score (nSPS) is 18.8. The largest absolute Gasteiger partial charge is 0.480 e. The molecule has 0 amide bonds. The van der Waals surface area contributed by atoms with E-state index in [0.717, 1.165) is 0 Å². The zero-order valence-corrected chi connectivity index (χ0v) is 16.9. The fraction of sp³-hybridized carbons (Fsp3) is 0.222. The maximum atomic E-state index is 13.1. The lowest BCUT2D eigenvalue weighted by molar-refractivity contribution is -0.139. The van der Waals surface area contributed by atoms with Crippen LogP contribution in [0.1, 0.15) is 28.4 Å². The fourth-order valence-corrected chi connectivity index (χ4v) is 4.28. The molecule has 0 aromatic heterocycles. The fourth-order valence-electron chi connectivity index (χ4n) is 3.26. The van der Waals surface area contributed by atoms with Crippen molar-refractivity contribution in [2.75, 3.05) is 6.61 Å². The number of carboxylic acid groups (broad SMARTS) is 1. The molecule has 0 saturated heterocycles. The van der Waals surface area contributed by atoms with Gasteiger partial charge in [0.05, 0.1) is 15.3 Å². The number of carbonyl (C=O) groups is 2. The number of ketones is 1. The van der Waals surface area contributed by atoms with E-state index in [2.05, 4.69) is 0 Å². The molecule has 0 aliphatic heterocycles. The summed E-state index contributed by atoms with van der Waals surface area (Å²) in [6, 6.07) is 7.24. The van der Waals surface area contributed by atoms with Crippen molar-refractivity contribution in [2.24, 2.45) is 5.14 Å². The van der Waals surface area contributed by atoms with Crippen LogP contribution in [0, 0.1) is 0 Å². The monoisotopic (exact) mass is 443 g/mol. The number of halogens is 2. The second-order valence-electron chi connectivity index (χ2n) is 6.63. The van der Waals surface area contributed by atoms with Gasteiger partial charge in [-0.2, -0.15) is 0 Å². The van der Waals surface area contributed by atoms with Crippen molar-refractivity contribution in [2.45, 2.75) is 23.7 Å². The molecule has 0 radical (unpaired) electrons. The molecule has 3 N–H and O–H groups in total. The highest BCUT2D eigenvalue weighted by molar-refractivity contribution is 7.89. The molecule has 0 fully saturated rings. The van der Waals surface area contributed by atoms with Crippen LogP contribution in [0.15, 0.2) is 35.2 Å². The van der Waals surface area contributed by atoms with Crippen molar-refractivity contribution in [1.29, 1.82) is 0 Å². The quantitative estimate of drug-likeness (QED) is 0.731. The Kier molecular flexibility index (Phi) is 5.18. The topological polar surface area (TPSA) is 124 Å². The summed E-state index contributed by atoms with van der Waals surface area (Å²) in [6.45, 7) is 1.11. The first-order chi connectivity index (χ1) is 12.9. The number of fused-ring (bicyclic) bond motifs is 1. The Morgan fingerprint density at radius 3 is 2.39 bits per heavy atom. The van der Waals surface area contributed by atoms with Crippen molar-refractivity contribution < 1.29 is 27.9 Å². The summed E-state index contributed by atoms with van der Waals surface area (Å²) in [5.74, 6) is -1.37. The van der Waals surface area contributed by atoms with Gasteiger partial charge in [-0.3, -0.25) is 4.79 Å². The molecule has 1 atom stereocenters. The highest BCUT2D eigenvalue weighted by Gasteiger charge is 2.45. The number of carbonyl (C=O) groups excluding carboxylic acids is 1. The first-order valence-electron chi connectivity index (χ1n) is 7.99. The van der Waals surface area contributed by atoms with Crippen molar-refractivity contribution in [1.82, 2.24) is 0 Å². The molecule has 0 bridgehead atoms. The zero-order valence-electron chi connectivity index (χ0n) is 14.5. The Hall–Kier alpha value is -2.13. The first-order valence-corrected chi connectivity index (χ1v) is 10.3. The number of primary sulfonamides is 1. The molecule has 2 aromatic rings. The van der Waals surface area contributed by atoms with Crippen LogP contribution in [-0.4, -0.2) is 31.9 Å². The van der Waals surface area contributed by atoms with E-state index < -0.39 is 28.0 Å². The Morgan fingerprint density at radius 1 is 1.25 bits per heavy atom. The summed E-state index contributed by atoms with van der Waals surface area (Å²) in [7, 11) is -3.85. The Bertz CT molecular complexity index is 1100. The highest BCUT2D eigenvalue weighted by atomic mass is 35.5. The molecule has 0 unspecified atom stereocenters. The number of carboxylic acids is 1. The third-order valence-corrected chi connectivity index (χ3v) is 6.48. The van der Waals surface area contributed by atoms with Crippen LogP contribution in [0.2, 0.25) is 10.0 Å². The Balaban J connectivity index is 2.03. The third-order valence-electron chi connectivity index (χ3n) is 4.70. The Morgan fingerprint density at radius 2 is 1.86 bits per heavy atom. The molecule has 1 aliphatic rings. The number of nitrogens with two attached hydrogens (primary N) is 1. The van der Waals surface area contributed by atoms with Gasteiger partial charge in [-0.05, 0) is 42.7 Å². The van der Waals surface area contributed by atoms with Crippen LogP contribution in [-0.2, 0) is 26.7 Å². The summed E-state index contributed by atoms with van der Waals surface area (Å²) in [5, 5.41) is 13.8. The van der Waals surface area contributed by atoms with Gasteiger partial charge in [0.15, 0.2) is 12.4 Å². The molecular weight excluding hydrogens is 429 g/mol. The zero-order chi connectivity index (χ0) is 20.9. The average Bonchev–Trinajstić information content (AvgIpc) is 2.88. The van der Waals surface area contributed by atoms with Gasteiger partial charge >= 0.3 is 5.97 Å². The molecule has 0 spiro atoms. The second kappa shape index (κ2) is 7.04. The molecule has 3 rings (SSSR count). The van der Waals surface area contributed by atoms with Crippen LogP contribution in [0.3, 0.4) is 0 Å². The summed E-state index contributed by atoms with van der Waals surface area (Å²) in [4.78, 5) is 23.8. The Labute approximate surface area is 171 Å². The van der Waals surface area contributed by atoms with E-state index in [1.54, 1.807) is 6.92 Å². The number of ether oxygens (including phenoxy) is 1. The van der Waals surface area contributed by atoms with E-state index in [1.807, 2.05) is 0 Å². The van der Waals surface area contributed by atoms with Crippen LogP contribution >= 0.6 is 23.2 Å². The molecule has 148 valence electrons. The summed E-state index contributed by atoms with van der Waals surface area (Å²) in [5.41, 5.74) is 0.393. The average molecular weight is 444 g/mol. The van der Waals surface area contributed by atoms with Gasteiger partial charge in [0, 0.05) is 5.56 Å². The number of hydrogen-bond donors (Lipinski definition) is 2. The van der Waals surface area contributed by atoms with Gasteiger partial charge in [-0.25, -0.2) is 18.4 Å². The number of hydrogen-bond acceptors (Lipinski definition) is 5. The van der Waals surface area contributed by atoms with E-state index in [-0.39, 0.29) is 38.5 Å². The molecule has 28 heavy (non-hydrogen) atoms. The molecule has 7 nitrogen and oxygen atoms in total. The van der Waals surface area contributed by atoms with Crippen LogP contribution in [0.5, 0.6) is 5.75 Å². The molecule has 10 heteroatoms. The number of aliphatic carboxylic acids is 1. The maximum Gasteiger partial charge on any atom is 0.341 e. The maximum absolute atomic E-state index is 13.1. The van der Waals surface area contributed by atoms with Crippen molar-refractivity contribution in [3.05, 3.63) is 57.1 Å². The lowest BCUT2D eigenvalue weighted by Crippen LogP contribution is -2.29. The van der Waals surface area contributed by atoms with E-state index in [4.69, 9.17) is 38.2 Å². The van der Waals surface area contributed by atoms with Gasteiger partial charge < -0.3 is 9.84 Å². The molecule has 1 aliphatic carbocycles. The standard InChI is InChI=1S/C18H15Cl2NO6S/c1-18(10-2-4-11(5-3-10)28(21,25)26)7-9-6-12(27-8-13(22)23)15(19)16(20)14(9)17(18)24/h2-6H,7-8H2,1H3,(H,22,23)(H2,21,25,26)/t18-/m1/s1. The van der Waals surface area contributed by atoms with Crippen molar-refractivity contribution in [3.8, 4) is 5.75 Å². The lowest BCUT2D eigenvalue weighted by atomic mass is 9.79. The predicted octanol–water partition coefficient (Wildman–Crippen LogP) is 2.80. The SMILES string of the molecule is C[C@]1(c2ccc(S(N)(=O)=O)cc2)Cc2cc(OCC(=O)O)c(Cl)c(Cl)c2C1=O. The van der Waals surface area contributed by atoms with Gasteiger partial charge in [0.25, 0.3) is 0 Å². The van der Waals surface area contributed by atoms with Crippen molar-refractivity contribution >= 4 is 45.0 Å². The minimum absolute atomic E-state index is 0.00515. The first kappa shape index (κ1) is 20.6. The van der Waals surface area contributed by atoms with E-state index >= 15 is 0 Å². The van der Waals surface area contributed by atoms with Gasteiger partial charge in [-0.15, -0.1) is 0 Å². The summed E-state index contributed by atoms with van der Waals surface area (Å²) >= 11 is 12.4. The highest BCUT2D eigenvalue weighted by Crippen LogP contribution is 2.47. The summed E-state index contributed by atoms with van der Waals surface area (Å²) < 4.78 is 28.0. The van der Waals surface area contributed by atoms with Crippen LogP contribution < -0.4 is 9.88 Å². The van der Waals surface area contributed by atoms with Gasteiger partial charge in [0.2, 0.25) is 10.0 Å². The van der Waals surface area contributed by atoms with Crippen LogP contribution in [0.25, 0.3) is 0 Å². The number of rotatable bonds is 5. The lowest BCUT2D eigenvalue weighted by Gasteiger charge is -2.22. The van der Waals surface area contributed by atoms with Crippen LogP contribution in [0.4, 0.5) is 0 Å². The van der Waals surface area contributed by atoms with Gasteiger partial charge in [0.1, 0.15) is 10.8 Å². The van der Waals surface area contributed by atoms with E-state index in [0.29, 0.717) is 11.1 Å². The second-order valence-corrected chi connectivity index (χ2v) is 8.94. The minimum Gasteiger partial charge on any atom is -0.480 e. The molecular formula is C18H15Cl2NO6S.